The van der Waals surface area contributed by atoms with Crippen molar-refractivity contribution in [3.8, 4) is 11.8 Å². The summed E-state index contributed by atoms with van der Waals surface area (Å²) in [6, 6.07) is 15.6. The van der Waals surface area contributed by atoms with Crippen molar-refractivity contribution in [1.82, 2.24) is 0 Å². The van der Waals surface area contributed by atoms with Gasteiger partial charge in [-0.25, -0.2) is 4.79 Å². The zero-order chi connectivity index (χ0) is 23.2. The van der Waals surface area contributed by atoms with E-state index in [9.17, 15) is 14.9 Å². The number of unbranched alkanes of at least 4 members (excludes halogenated alkanes) is 3. The number of benzene rings is 2. The van der Waals surface area contributed by atoms with Crippen LogP contribution in [0, 0.1) is 11.3 Å². The Morgan fingerprint density at radius 2 is 1.72 bits per heavy atom. The molecule has 0 bridgehead atoms. The Kier molecular flexibility index (Phi) is 10.5. The molecule has 2 aromatic rings. The lowest BCUT2D eigenvalue weighted by molar-refractivity contribution is -0.112. The molecule has 0 aromatic heterocycles. The van der Waals surface area contributed by atoms with Gasteiger partial charge in [0.15, 0.2) is 0 Å². The number of esters is 1. The van der Waals surface area contributed by atoms with Gasteiger partial charge < -0.3 is 14.8 Å². The second kappa shape index (κ2) is 13.7. The maximum absolute atomic E-state index is 12.6. The summed E-state index contributed by atoms with van der Waals surface area (Å²) in [7, 11) is 0. The molecule has 0 saturated heterocycles. The van der Waals surface area contributed by atoms with E-state index in [-0.39, 0.29) is 11.5 Å². The zero-order valence-electron chi connectivity index (χ0n) is 18.7. The van der Waals surface area contributed by atoms with Crippen molar-refractivity contribution in [1.29, 1.82) is 5.26 Å². The number of ether oxygens (including phenoxy) is 2. The minimum Gasteiger partial charge on any atom is -0.493 e. The molecule has 2 rings (SSSR count). The van der Waals surface area contributed by atoms with Gasteiger partial charge in [0.2, 0.25) is 0 Å². The van der Waals surface area contributed by atoms with Crippen LogP contribution in [-0.2, 0) is 9.53 Å². The summed E-state index contributed by atoms with van der Waals surface area (Å²) in [6.07, 6.45) is 6.50. The minimum absolute atomic E-state index is 0.0480. The van der Waals surface area contributed by atoms with Gasteiger partial charge in [0, 0.05) is 11.3 Å². The Morgan fingerprint density at radius 1 is 0.969 bits per heavy atom. The molecule has 0 spiro atoms. The van der Waals surface area contributed by atoms with Crippen LogP contribution in [-0.4, -0.2) is 25.1 Å². The van der Waals surface area contributed by atoms with E-state index in [1.807, 2.05) is 25.1 Å². The van der Waals surface area contributed by atoms with Crippen molar-refractivity contribution in [2.75, 3.05) is 18.5 Å². The van der Waals surface area contributed by atoms with Crippen molar-refractivity contribution in [3.05, 3.63) is 65.2 Å². The minimum atomic E-state index is -0.538. The molecule has 0 fully saturated rings. The zero-order valence-corrected chi connectivity index (χ0v) is 18.7. The van der Waals surface area contributed by atoms with Gasteiger partial charge in [-0.1, -0.05) is 51.3 Å². The summed E-state index contributed by atoms with van der Waals surface area (Å²) in [5.74, 6) is -0.308. The Labute approximate surface area is 189 Å². The van der Waals surface area contributed by atoms with Crippen LogP contribution < -0.4 is 10.1 Å². The molecule has 0 aliphatic heterocycles. The first-order chi connectivity index (χ1) is 15.6. The molecule has 0 aliphatic rings. The lowest BCUT2D eigenvalue weighted by Crippen LogP contribution is -2.14. The van der Waals surface area contributed by atoms with Crippen LogP contribution in [0.1, 0.15) is 61.9 Å². The first-order valence-electron chi connectivity index (χ1n) is 11.0. The van der Waals surface area contributed by atoms with Gasteiger partial charge >= 0.3 is 5.97 Å². The SMILES string of the molecule is CCCCCCOC(=O)c1ccc(NC(=O)/C(C#N)=C/c2ccccc2OCCC)cc1. The smallest absolute Gasteiger partial charge is 0.338 e. The summed E-state index contributed by atoms with van der Waals surface area (Å²) in [6.45, 7) is 5.08. The fraction of sp³-hybridized carbons (Fsp3) is 0.346. The Morgan fingerprint density at radius 3 is 2.41 bits per heavy atom. The molecule has 0 saturated carbocycles. The lowest BCUT2D eigenvalue weighted by Gasteiger charge is -2.09. The number of anilines is 1. The molecule has 6 nitrogen and oxygen atoms in total. The molecule has 6 heteroatoms. The van der Waals surface area contributed by atoms with E-state index in [0.717, 1.165) is 32.1 Å². The largest absolute Gasteiger partial charge is 0.493 e. The number of para-hydroxylation sites is 1. The summed E-state index contributed by atoms with van der Waals surface area (Å²) >= 11 is 0. The highest BCUT2D eigenvalue weighted by molar-refractivity contribution is 6.10. The van der Waals surface area contributed by atoms with Crippen LogP contribution in [0.2, 0.25) is 0 Å². The molecular formula is C26H30N2O4. The molecular weight excluding hydrogens is 404 g/mol. The third-order valence-electron chi connectivity index (χ3n) is 4.66. The number of carbonyl (C=O) groups excluding carboxylic acids is 2. The Balaban J connectivity index is 2.00. The highest BCUT2D eigenvalue weighted by Gasteiger charge is 2.12. The number of hydrogen-bond acceptors (Lipinski definition) is 5. The van der Waals surface area contributed by atoms with Gasteiger partial charge in [0.05, 0.1) is 18.8 Å². The van der Waals surface area contributed by atoms with Gasteiger partial charge in [0.25, 0.3) is 5.91 Å². The van der Waals surface area contributed by atoms with E-state index in [1.165, 1.54) is 6.08 Å². The standard InChI is InChI=1S/C26H30N2O4/c1-3-5-6-9-17-32-26(30)20-12-14-23(15-13-20)28-25(29)22(19-27)18-21-10-7-8-11-24(21)31-16-4-2/h7-8,10-15,18H,3-6,9,16-17H2,1-2H3,(H,28,29)/b22-18+. The van der Waals surface area contributed by atoms with E-state index in [2.05, 4.69) is 12.2 Å². The van der Waals surface area contributed by atoms with Crippen LogP contribution in [0.25, 0.3) is 6.08 Å². The van der Waals surface area contributed by atoms with Gasteiger partial charge in [0.1, 0.15) is 17.4 Å². The van der Waals surface area contributed by atoms with Crippen LogP contribution in [0.5, 0.6) is 5.75 Å². The first-order valence-corrected chi connectivity index (χ1v) is 11.0. The quantitative estimate of drug-likeness (QED) is 0.199. The molecule has 0 unspecified atom stereocenters. The number of carbonyl (C=O) groups is 2. The fourth-order valence-electron chi connectivity index (χ4n) is 2.91. The number of nitrogens with zero attached hydrogens (tertiary/aromatic N) is 1. The van der Waals surface area contributed by atoms with Gasteiger partial charge in [-0.3, -0.25) is 4.79 Å². The maximum Gasteiger partial charge on any atom is 0.338 e. The number of rotatable bonds is 12. The first kappa shape index (κ1) is 24.7. The molecule has 1 N–H and O–H groups in total. The summed E-state index contributed by atoms with van der Waals surface area (Å²) in [5, 5.41) is 12.2. The van der Waals surface area contributed by atoms with Crippen LogP contribution in [0.4, 0.5) is 5.69 Å². The highest BCUT2D eigenvalue weighted by atomic mass is 16.5. The maximum atomic E-state index is 12.6. The summed E-state index contributed by atoms with van der Waals surface area (Å²) < 4.78 is 10.9. The van der Waals surface area contributed by atoms with E-state index < -0.39 is 5.91 Å². The highest BCUT2D eigenvalue weighted by Crippen LogP contribution is 2.22. The van der Waals surface area contributed by atoms with Crippen molar-refractivity contribution in [2.24, 2.45) is 0 Å². The predicted octanol–water partition coefficient (Wildman–Crippen LogP) is 5.76. The van der Waals surface area contributed by atoms with Gasteiger partial charge in [-0.15, -0.1) is 0 Å². The van der Waals surface area contributed by atoms with Crippen molar-refractivity contribution >= 4 is 23.6 Å². The molecule has 168 valence electrons. The van der Waals surface area contributed by atoms with Crippen LogP contribution in [0.15, 0.2) is 54.1 Å². The molecule has 2 aromatic carbocycles. The average Bonchev–Trinajstić information content (AvgIpc) is 2.81. The molecule has 1 amide bonds. The number of hydrogen-bond donors (Lipinski definition) is 1. The van der Waals surface area contributed by atoms with Crippen LogP contribution in [0.3, 0.4) is 0 Å². The lowest BCUT2D eigenvalue weighted by atomic mass is 10.1. The number of amides is 1. The topological polar surface area (TPSA) is 88.4 Å². The Bertz CT molecular complexity index is 959. The second-order valence-corrected chi connectivity index (χ2v) is 7.28. The third-order valence-corrected chi connectivity index (χ3v) is 4.66. The van der Waals surface area contributed by atoms with Crippen molar-refractivity contribution in [2.45, 2.75) is 46.0 Å². The Hall–Kier alpha value is -3.59. The predicted molar refractivity (Wildman–Crippen MR) is 125 cm³/mol. The average molecular weight is 435 g/mol. The summed E-state index contributed by atoms with van der Waals surface area (Å²) in [4.78, 5) is 24.7. The monoisotopic (exact) mass is 434 g/mol. The molecule has 32 heavy (non-hydrogen) atoms. The summed E-state index contributed by atoms with van der Waals surface area (Å²) in [5.41, 5.74) is 1.50. The number of nitriles is 1. The van der Waals surface area contributed by atoms with Crippen LogP contribution >= 0.6 is 0 Å². The fourth-order valence-corrected chi connectivity index (χ4v) is 2.91. The van der Waals surface area contributed by atoms with Gasteiger partial charge in [-0.05, 0) is 49.2 Å². The van der Waals surface area contributed by atoms with E-state index in [0.29, 0.717) is 35.8 Å². The second-order valence-electron chi connectivity index (χ2n) is 7.28. The van der Waals surface area contributed by atoms with E-state index >= 15 is 0 Å². The van der Waals surface area contributed by atoms with Crippen molar-refractivity contribution < 1.29 is 19.1 Å². The van der Waals surface area contributed by atoms with Gasteiger partial charge in [-0.2, -0.15) is 5.26 Å². The molecule has 0 aliphatic carbocycles. The van der Waals surface area contributed by atoms with Crippen molar-refractivity contribution in [3.63, 3.8) is 0 Å². The van der Waals surface area contributed by atoms with E-state index in [4.69, 9.17) is 9.47 Å². The third kappa shape index (κ3) is 7.92. The van der Waals surface area contributed by atoms with E-state index in [1.54, 1.807) is 36.4 Å². The normalized spacial score (nSPS) is 10.8. The molecule has 0 heterocycles. The molecule has 0 atom stereocenters. The molecule has 0 radical (unpaired) electrons. The number of nitrogens with one attached hydrogen (secondary N) is 1.